The molecule has 0 heterocycles. The van der Waals surface area contributed by atoms with Gasteiger partial charge in [-0.1, -0.05) is 42.5 Å². The highest BCUT2D eigenvalue weighted by atomic mass is 16.5. The van der Waals surface area contributed by atoms with Crippen molar-refractivity contribution in [2.24, 2.45) is 4.99 Å². The first kappa shape index (κ1) is 18.8. The Bertz CT molecular complexity index is 653. The Morgan fingerprint density at radius 3 is 2.28 bits per heavy atom. The third kappa shape index (κ3) is 5.80. The van der Waals surface area contributed by atoms with Crippen molar-refractivity contribution in [3.63, 3.8) is 0 Å². The largest absolute Gasteiger partial charge is 0.497 e. The van der Waals surface area contributed by atoms with Gasteiger partial charge < -0.3 is 20.3 Å². The maximum atomic E-state index is 5.18. The van der Waals surface area contributed by atoms with Crippen LogP contribution in [0.15, 0.2) is 59.6 Å². The first-order valence-electron chi connectivity index (χ1n) is 8.43. The topological polar surface area (TPSA) is 48.9 Å². The number of aliphatic imine (C=N–C) groups is 1. The van der Waals surface area contributed by atoms with Gasteiger partial charge in [0.1, 0.15) is 5.75 Å². The van der Waals surface area contributed by atoms with Crippen molar-refractivity contribution in [3.8, 4) is 5.75 Å². The standard InChI is InChI=1S/C20H28N4O/c1-21-20(22-14-16-10-12-18(25-4)13-11-16)23-15-19(24(2)3)17-8-6-5-7-9-17/h5-13,19H,14-15H2,1-4H3,(H2,21,22,23). The lowest BCUT2D eigenvalue weighted by Crippen LogP contribution is -2.41. The summed E-state index contributed by atoms with van der Waals surface area (Å²) in [5, 5.41) is 6.76. The molecule has 1 unspecified atom stereocenters. The van der Waals surface area contributed by atoms with Crippen molar-refractivity contribution < 1.29 is 4.74 Å². The molecule has 0 amide bonds. The van der Waals surface area contributed by atoms with Gasteiger partial charge in [-0.2, -0.15) is 0 Å². The molecule has 0 spiro atoms. The summed E-state index contributed by atoms with van der Waals surface area (Å²) in [6.45, 7) is 1.49. The Labute approximate surface area is 150 Å². The van der Waals surface area contributed by atoms with Gasteiger partial charge in [-0.25, -0.2) is 0 Å². The van der Waals surface area contributed by atoms with Gasteiger partial charge in [0, 0.05) is 20.1 Å². The van der Waals surface area contributed by atoms with E-state index in [2.05, 4.69) is 58.9 Å². The summed E-state index contributed by atoms with van der Waals surface area (Å²) in [5.41, 5.74) is 2.46. The SMILES string of the molecule is CN=C(NCc1ccc(OC)cc1)NCC(c1ccccc1)N(C)C. The lowest BCUT2D eigenvalue weighted by Gasteiger charge is -2.26. The van der Waals surface area contributed by atoms with Crippen LogP contribution in [0.5, 0.6) is 5.75 Å². The first-order valence-corrected chi connectivity index (χ1v) is 8.43. The third-order valence-corrected chi connectivity index (χ3v) is 4.11. The molecule has 0 fully saturated rings. The van der Waals surface area contributed by atoms with E-state index in [0.29, 0.717) is 6.54 Å². The van der Waals surface area contributed by atoms with E-state index in [0.717, 1.165) is 18.3 Å². The van der Waals surface area contributed by atoms with Crippen molar-refractivity contribution >= 4 is 5.96 Å². The van der Waals surface area contributed by atoms with Crippen LogP contribution in [0.25, 0.3) is 0 Å². The van der Waals surface area contributed by atoms with Gasteiger partial charge in [0.25, 0.3) is 0 Å². The number of hydrogen-bond donors (Lipinski definition) is 2. The molecule has 2 aromatic rings. The highest BCUT2D eigenvalue weighted by molar-refractivity contribution is 5.79. The van der Waals surface area contributed by atoms with Gasteiger partial charge in [0.05, 0.1) is 13.2 Å². The fourth-order valence-corrected chi connectivity index (χ4v) is 2.62. The number of ether oxygens (including phenoxy) is 1. The number of nitrogens with one attached hydrogen (secondary N) is 2. The van der Waals surface area contributed by atoms with Gasteiger partial charge >= 0.3 is 0 Å². The molecular weight excluding hydrogens is 312 g/mol. The Kier molecular flexibility index (Phi) is 7.29. The molecule has 2 aromatic carbocycles. The molecular formula is C20H28N4O. The number of hydrogen-bond acceptors (Lipinski definition) is 3. The van der Waals surface area contributed by atoms with Crippen molar-refractivity contribution in [2.75, 3.05) is 34.8 Å². The predicted molar refractivity (Wildman–Crippen MR) is 104 cm³/mol. The highest BCUT2D eigenvalue weighted by Gasteiger charge is 2.14. The van der Waals surface area contributed by atoms with E-state index in [1.807, 2.05) is 30.3 Å². The zero-order valence-corrected chi connectivity index (χ0v) is 15.5. The van der Waals surface area contributed by atoms with E-state index in [4.69, 9.17) is 4.74 Å². The lowest BCUT2D eigenvalue weighted by atomic mass is 10.1. The molecule has 0 aliphatic rings. The van der Waals surface area contributed by atoms with Crippen LogP contribution in [0.3, 0.4) is 0 Å². The van der Waals surface area contributed by atoms with E-state index >= 15 is 0 Å². The first-order chi connectivity index (χ1) is 12.1. The second kappa shape index (κ2) is 9.69. The van der Waals surface area contributed by atoms with E-state index in [1.54, 1.807) is 14.2 Å². The van der Waals surface area contributed by atoms with Crippen LogP contribution < -0.4 is 15.4 Å². The van der Waals surface area contributed by atoms with Crippen LogP contribution in [0.1, 0.15) is 17.2 Å². The summed E-state index contributed by atoms with van der Waals surface area (Å²) in [7, 11) is 7.64. The molecule has 134 valence electrons. The molecule has 5 nitrogen and oxygen atoms in total. The lowest BCUT2D eigenvalue weighted by molar-refractivity contribution is 0.298. The Morgan fingerprint density at radius 2 is 1.72 bits per heavy atom. The van der Waals surface area contributed by atoms with Crippen molar-refractivity contribution in [3.05, 3.63) is 65.7 Å². The minimum absolute atomic E-state index is 0.278. The minimum atomic E-state index is 0.278. The van der Waals surface area contributed by atoms with Gasteiger partial charge in [0.2, 0.25) is 0 Å². The van der Waals surface area contributed by atoms with Crippen molar-refractivity contribution in [1.82, 2.24) is 15.5 Å². The summed E-state index contributed by atoms with van der Waals surface area (Å²) in [6, 6.07) is 18.8. The van der Waals surface area contributed by atoms with Crippen LogP contribution in [-0.4, -0.2) is 45.7 Å². The van der Waals surface area contributed by atoms with Gasteiger partial charge in [-0.3, -0.25) is 4.99 Å². The van der Waals surface area contributed by atoms with Crippen LogP contribution in [0, 0.1) is 0 Å². The summed E-state index contributed by atoms with van der Waals surface area (Å²) >= 11 is 0. The Balaban J connectivity index is 1.90. The van der Waals surface area contributed by atoms with Crippen LogP contribution in [0.4, 0.5) is 0 Å². The maximum Gasteiger partial charge on any atom is 0.191 e. The molecule has 2 N–H and O–H groups in total. The number of methoxy groups -OCH3 is 1. The zero-order valence-electron chi connectivity index (χ0n) is 15.5. The number of rotatable bonds is 7. The molecule has 2 rings (SSSR count). The highest BCUT2D eigenvalue weighted by Crippen LogP contribution is 2.16. The van der Waals surface area contributed by atoms with Crippen LogP contribution in [0.2, 0.25) is 0 Å². The van der Waals surface area contributed by atoms with Gasteiger partial charge in [-0.15, -0.1) is 0 Å². The summed E-state index contributed by atoms with van der Waals surface area (Å²) in [6.07, 6.45) is 0. The van der Waals surface area contributed by atoms with Crippen LogP contribution >= 0.6 is 0 Å². The maximum absolute atomic E-state index is 5.18. The number of likely N-dealkylation sites (N-methyl/N-ethyl adjacent to an activating group) is 1. The monoisotopic (exact) mass is 340 g/mol. The van der Waals surface area contributed by atoms with Crippen LogP contribution in [-0.2, 0) is 6.54 Å². The normalized spacial score (nSPS) is 12.8. The molecule has 5 heteroatoms. The Morgan fingerprint density at radius 1 is 1.04 bits per heavy atom. The van der Waals surface area contributed by atoms with Gasteiger partial charge in [-0.05, 0) is 37.4 Å². The fourth-order valence-electron chi connectivity index (χ4n) is 2.62. The number of guanidine groups is 1. The second-order valence-corrected chi connectivity index (χ2v) is 6.04. The second-order valence-electron chi connectivity index (χ2n) is 6.04. The number of benzene rings is 2. The van der Waals surface area contributed by atoms with Crippen molar-refractivity contribution in [2.45, 2.75) is 12.6 Å². The molecule has 0 saturated heterocycles. The third-order valence-electron chi connectivity index (χ3n) is 4.11. The smallest absolute Gasteiger partial charge is 0.191 e. The van der Waals surface area contributed by atoms with E-state index in [9.17, 15) is 0 Å². The van der Waals surface area contributed by atoms with Crippen molar-refractivity contribution in [1.29, 1.82) is 0 Å². The molecule has 25 heavy (non-hydrogen) atoms. The van der Waals surface area contributed by atoms with E-state index < -0.39 is 0 Å². The van der Waals surface area contributed by atoms with Gasteiger partial charge in [0.15, 0.2) is 5.96 Å². The average molecular weight is 340 g/mol. The molecule has 0 bridgehead atoms. The molecule has 0 aromatic heterocycles. The zero-order chi connectivity index (χ0) is 18.1. The summed E-state index contributed by atoms with van der Waals surface area (Å²) in [5.74, 6) is 1.65. The molecule has 0 aliphatic heterocycles. The fraction of sp³-hybridized carbons (Fsp3) is 0.350. The molecule has 0 aliphatic carbocycles. The average Bonchev–Trinajstić information content (AvgIpc) is 2.65. The predicted octanol–water partition coefficient (Wildman–Crippen LogP) is 2.66. The summed E-state index contributed by atoms with van der Waals surface area (Å²) < 4.78 is 5.18. The molecule has 1 atom stereocenters. The van der Waals surface area contributed by atoms with E-state index in [-0.39, 0.29) is 6.04 Å². The minimum Gasteiger partial charge on any atom is -0.497 e. The Hall–Kier alpha value is -2.53. The summed E-state index contributed by atoms with van der Waals surface area (Å²) in [4.78, 5) is 6.52. The number of nitrogens with zero attached hydrogens (tertiary/aromatic N) is 2. The molecule has 0 radical (unpaired) electrons. The molecule has 0 saturated carbocycles. The quantitative estimate of drug-likeness (QED) is 0.601. The van der Waals surface area contributed by atoms with E-state index in [1.165, 1.54) is 11.1 Å².